The molecule has 1 atom stereocenters. The van der Waals surface area contributed by atoms with Gasteiger partial charge in [-0.3, -0.25) is 0 Å². The molecule has 216 valence electrons. The Morgan fingerprint density at radius 1 is 1.02 bits per heavy atom. The third-order valence-corrected chi connectivity index (χ3v) is 7.91. The molecule has 0 radical (unpaired) electrons. The number of pyridine rings is 1. The third kappa shape index (κ3) is 7.15. The van der Waals surface area contributed by atoms with Crippen molar-refractivity contribution in [3.05, 3.63) is 98.7 Å². The molecular weight excluding hydrogens is 622 g/mol. The van der Waals surface area contributed by atoms with E-state index in [4.69, 9.17) is 30.5 Å². The second-order valence-corrected chi connectivity index (χ2v) is 10.9. The number of halogens is 2. The predicted molar refractivity (Wildman–Crippen MR) is 163 cm³/mol. The quantitative estimate of drug-likeness (QED) is 0.191. The minimum Gasteiger partial charge on any atom is -0.488 e. The van der Waals surface area contributed by atoms with Gasteiger partial charge in [-0.05, 0) is 69.9 Å². The van der Waals surface area contributed by atoms with Crippen LogP contribution in [0, 0.1) is 11.3 Å². The Morgan fingerprint density at radius 2 is 1.83 bits per heavy atom. The van der Waals surface area contributed by atoms with Gasteiger partial charge < -0.3 is 29.4 Å². The van der Waals surface area contributed by atoms with Gasteiger partial charge in [0.05, 0.1) is 11.6 Å². The summed E-state index contributed by atoms with van der Waals surface area (Å²) in [6.07, 6.45) is 1.58. The van der Waals surface area contributed by atoms with Gasteiger partial charge in [-0.2, -0.15) is 5.26 Å². The van der Waals surface area contributed by atoms with Crippen LogP contribution in [0.15, 0.2) is 71.3 Å². The van der Waals surface area contributed by atoms with E-state index in [2.05, 4.69) is 26.2 Å². The van der Waals surface area contributed by atoms with Gasteiger partial charge in [0, 0.05) is 40.4 Å². The Morgan fingerprint density at radius 3 is 2.64 bits per heavy atom. The van der Waals surface area contributed by atoms with Gasteiger partial charge in [0.2, 0.25) is 0 Å². The van der Waals surface area contributed by atoms with Crippen molar-refractivity contribution in [3.63, 3.8) is 0 Å². The zero-order valence-corrected chi connectivity index (χ0v) is 25.2. The van der Waals surface area contributed by atoms with Crippen LogP contribution in [0.25, 0.3) is 11.1 Å². The highest BCUT2D eigenvalue weighted by Crippen LogP contribution is 2.39. The van der Waals surface area contributed by atoms with Crippen LogP contribution < -0.4 is 24.3 Å². The number of benzene rings is 3. The van der Waals surface area contributed by atoms with Gasteiger partial charge in [0.15, 0.2) is 11.5 Å². The SMILES string of the molecule is CC(CO)NCc1cc(Cl)c(OCc2cccc(-c3ccc4c(c3)OCCO4)c2Br)cc1OCc1ccnc(C#N)c1. The lowest BCUT2D eigenvalue weighted by molar-refractivity contribution is 0.171. The van der Waals surface area contributed by atoms with Crippen molar-refractivity contribution >= 4 is 27.5 Å². The van der Waals surface area contributed by atoms with E-state index in [0.717, 1.165) is 43.8 Å². The molecule has 2 heterocycles. The first-order valence-corrected chi connectivity index (χ1v) is 14.6. The van der Waals surface area contributed by atoms with Crippen LogP contribution in [0.1, 0.15) is 29.3 Å². The lowest BCUT2D eigenvalue weighted by Crippen LogP contribution is -2.28. The summed E-state index contributed by atoms with van der Waals surface area (Å²) in [5.74, 6) is 2.51. The molecule has 0 amide bonds. The van der Waals surface area contributed by atoms with Crippen LogP contribution in [-0.2, 0) is 19.8 Å². The van der Waals surface area contributed by atoms with Crippen LogP contribution >= 0.6 is 27.5 Å². The van der Waals surface area contributed by atoms with Crippen LogP contribution in [0.2, 0.25) is 5.02 Å². The fraction of sp³-hybridized carbons (Fsp3) is 0.250. The maximum Gasteiger partial charge on any atom is 0.161 e. The number of nitriles is 1. The summed E-state index contributed by atoms with van der Waals surface area (Å²) >= 11 is 10.4. The summed E-state index contributed by atoms with van der Waals surface area (Å²) < 4.78 is 24.7. The zero-order valence-electron chi connectivity index (χ0n) is 22.9. The molecule has 0 saturated carbocycles. The first-order valence-electron chi connectivity index (χ1n) is 13.4. The van der Waals surface area contributed by atoms with E-state index in [1.54, 1.807) is 30.5 Å². The van der Waals surface area contributed by atoms with Crippen molar-refractivity contribution in [2.24, 2.45) is 0 Å². The number of rotatable bonds is 11. The number of aliphatic hydroxyl groups excluding tert-OH is 1. The molecule has 1 aromatic heterocycles. The average molecular weight is 651 g/mol. The molecule has 8 nitrogen and oxygen atoms in total. The molecule has 3 aromatic carbocycles. The van der Waals surface area contributed by atoms with Gasteiger partial charge in [0.25, 0.3) is 0 Å². The second-order valence-electron chi connectivity index (χ2n) is 9.73. The molecule has 0 aliphatic carbocycles. The van der Waals surface area contributed by atoms with Crippen molar-refractivity contribution < 1.29 is 24.1 Å². The van der Waals surface area contributed by atoms with Crippen molar-refractivity contribution in [2.45, 2.75) is 32.7 Å². The van der Waals surface area contributed by atoms with E-state index in [1.165, 1.54) is 0 Å². The lowest BCUT2D eigenvalue weighted by Gasteiger charge is -2.20. The van der Waals surface area contributed by atoms with Crippen LogP contribution in [0.5, 0.6) is 23.0 Å². The molecule has 1 aliphatic heterocycles. The van der Waals surface area contributed by atoms with Gasteiger partial charge in [-0.25, -0.2) is 4.98 Å². The molecule has 42 heavy (non-hydrogen) atoms. The normalized spacial score (nSPS) is 12.8. The molecule has 1 unspecified atom stereocenters. The molecular formula is C32H29BrClN3O5. The Hall–Kier alpha value is -3.81. The van der Waals surface area contributed by atoms with Crippen molar-refractivity contribution in [1.82, 2.24) is 10.3 Å². The third-order valence-electron chi connectivity index (χ3n) is 6.68. The topological polar surface area (TPSA) is 106 Å². The summed E-state index contributed by atoms with van der Waals surface area (Å²) in [5.41, 5.74) is 4.86. The molecule has 0 fully saturated rings. The molecule has 4 aromatic rings. The van der Waals surface area contributed by atoms with E-state index in [1.807, 2.05) is 49.4 Å². The Kier molecular flexibility index (Phi) is 9.82. The maximum absolute atomic E-state index is 9.44. The molecule has 1 aliphatic rings. The Bertz CT molecular complexity index is 1610. The average Bonchev–Trinajstić information content (AvgIpc) is 3.02. The highest BCUT2D eigenvalue weighted by atomic mass is 79.9. The monoisotopic (exact) mass is 649 g/mol. The molecule has 5 rings (SSSR count). The van der Waals surface area contributed by atoms with Gasteiger partial charge in [-0.1, -0.05) is 35.9 Å². The highest BCUT2D eigenvalue weighted by molar-refractivity contribution is 9.10. The van der Waals surface area contributed by atoms with E-state index < -0.39 is 0 Å². The minimum absolute atomic E-state index is 0.000725. The largest absolute Gasteiger partial charge is 0.488 e. The number of hydrogen-bond donors (Lipinski definition) is 2. The van der Waals surface area contributed by atoms with E-state index in [9.17, 15) is 10.4 Å². The predicted octanol–water partition coefficient (Wildman–Crippen LogP) is 6.44. The lowest BCUT2D eigenvalue weighted by atomic mass is 10.0. The molecule has 10 heteroatoms. The number of nitrogens with one attached hydrogen (secondary N) is 1. The van der Waals surface area contributed by atoms with Crippen LogP contribution in [0.4, 0.5) is 0 Å². The fourth-order valence-corrected chi connectivity index (χ4v) is 5.22. The van der Waals surface area contributed by atoms with Gasteiger partial charge >= 0.3 is 0 Å². The van der Waals surface area contributed by atoms with Gasteiger partial charge in [-0.15, -0.1) is 0 Å². The highest BCUT2D eigenvalue weighted by Gasteiger charge is 2.17. The second kappa shape index (κ2) is 13.9. The molecule has 0 saturated heterocycles. The van der Waals surface area contributed by atoms with Crippen molar-refractivity contribution in [1.29, 1.82) is 5.26 Å². The number of aliphatic hydroxyl groups is 1. The van der Waals surface area contributed by atoms with Crippen LogP contribution in [0.3, 0.4) is 0 Å². The van der Waals surface area contributed by atoms with E-state index in [-0.39, 0.29) is 25.9 Å². The molecule has 2 N–H and O–H groups in total. The Balaban J connectivity index is 1.36. The smallest absolute Gasteiger partial charge is 0.161 e. The molecule has 0 bridgehead atoms. The summed E-state index contributed by atoms with van der Waals surface area (Å²) in [6.45, 7) is 3.87. The van der Waals surface area contributed by atoms with Crippen molar-refractivity contribution in [3.8, 4) is 40.2 Å². The fourth-order valence-electron chi connectivity index (χ4n) is 4.37. The standard InChI is InChI=1S/C32H29BrClN3O5/c1-20(17-38)37-16-24-12-27(34)30(14-29(24)41-18-21-7-8-36-25(11-21)15-35)42-19-23-3-2-4-26(32(23)33)22-5-6-28-31(13-22)40-10-9-39-28/h2-8,11-14,20,37-38H,9-10,16-19H2,1H3. The Labute approximate surface area is 257 Å². The first kappa shape index (κ1) is 29.7. The number of ether oxygens (including phenoxy) is 4. The maximum atomic E-state index is 9.44. The zero-order chi connectivity index (χ0) is 29.5. The summed E-state index contributed by atoms with van der Waals surface area (Å²) in [5, 5.41) is 22.3. The van der Waals surface area contributed by atoms with E-state index in [0.29, 0.717) is 42.0 Å². The summed E-state index contributed by atoms with van der Waals surface area (Å²) in [6, 6.07) is 20.9. The van der Waals surface area contributed by atoms with Crippen molar-refractivity contribution in [2.75, 3.05) is 19.8 Å². The number of hydrogen-bond acceptors (Lipinski definition) is 8. The van der Waals surface area contributed by atoms with E-state index >= 15 is 0 Å². The number of aromatic nitrogens is 1. The first-order chi connectivity index (χ1) is 20.4. The number of fused-ring (bicyclic) bond motifs is 1. The van der Waals surface area contributed by atoms with Gasteiger partial charge in [0.1, 0.15) is 49.7 Å². The minimum atomic E-state index is -0.107. The summed E-state index contributed by atoms with van der Waals surface area (Å²) in [4.78, 5) is 4.02. The molecule has 0 spiro atoms. The summed E-state index contributed by atoms with van der Waals surface area (Å²) in [7, 11) is 0. The van der Waals surface area contributed by atoms with Crippen LogP contribution in [-0.4, -0.2) is 36.0 Å². The number of nitrogens with zero attached hydrogens (tertiary/aromatic N) is 2.